The number of hydrogen-bond donors (Lipinski definition) is 2. The Hall–Kier alpha value is -1.10. The minimum absolute atomic E-state index is 0.431. The number of rotatable bonds is 10. The van der Waals surface area contributed by atoms with Crippen molar-refractivity contribution in [2.24, 2.45) is 10.3 Å². The van der Waals surface area contributed by atoms with Gasteiger partial charge in [-0.15, -0.1) is 0 Å². The first-order valence-electron chi connectivity index (χ1n) is 6.23. The lowest BCUT2D eigenvalue weighted by atomic mass is 10.1. The van der Waals surface area contributed by atoms with Gasteiger partial charge in [-0.25, -0.2) is 0 Å². The maximum absolute atomic E-state index is 8.56. The summed E-state index contributed by atoms with van der Waals surface area (Å²) < 4.78 is 0. The second-order valence-electron chi connectivity index (χ2n) is 4.51. The minimum atomic E-state index is 0.431. The van der Waals surface area contributed by atoms with E-state index in [1.54, 1.807) is 0 Å². The van der Waals surface area contributed by atoms with Crippen LogP contribution in [0.15, 0.2) is 10.3 Å². The van der Waals surface area contributed by atoms with E-state index in [-0.39, 0.29) is 0 Å². The summed E-state index contributed by atoms with van der Waals surface area (Å²) in [4.78, 5) is 2.21. The predicted molar refractivity (Wildman–Crippen MR) is 70.4 cm³/mol. The maximum Gasteiger partial charge on any atom is 0.101 e. The van der Waals surface area contributed by atoms with Crippen molar-refractivity contribution in [2.45, 2.75) is 44.9 Å². The number of oxime groups is 2. The summed E-state index contributed by atoms with van der Waals surface area (Å²) in [6.45, 7) is 1.16. The molecule has 5 nitrogen and oxygen atoms in total. The van der Waals surface area contributed by atoms with Crippen molar-refractivity contribution in [3.8, 4) is 0 Å². The summed E-state index contributed by atoms with van der Waals surface area (Å²) in [7, 11) is 4.19. The topological polar surface area (TPSA) is 68.4 Å². The summed E-state index contributed by atoms with van der Waals surface area (Å²) in [5, 5.41) is 22.7. The highest BCUT2D eigenvalue weighted by Gasteiger charge is 1.97. The number of hydrogen-bond acceptors (Lipinski definition) is 5. The Balaban J connectivity index is 3.29. The van der Waals surface area contributed by atoms with Gasteiger partial charge in [0.25, 0.3) is 0 Å². The largest absolute Gasteiger partial charge is 0.411 e. The van der Waals surface area contributed by atoms with Gasteiger partial charge < -0.3 is 15.3 Å². The van der Waals surface area contributed by atoms with Gasteiger partial charge in [0.2, 0.25) is 0 Å². The second kappa shape index (κ2) is 11.4. The molecule has 2 N–H and O–H groups in total. The third-order valence-corrected chi connectivity index (χ3v) is 2.62. The summed E-state index contributed by atoms with van der Waals surface area (Å²) in [6.07, 6.45) is 8.94. The van der Waals surface area contributed by atoms with Gasteiger partial charge >= 0.3 is 0 Å². The molecule has 0 saturated heterocycles. The molecule has 0 rings (SSSR count). The van der Waals surface area contributed by atoms with E-state index in [0.717, 1.165) is 19.4 Å². The molecule has 17 heavy (non-hydrogen) atoms. The molecule has 0 heterocycles. The lowest BCUT2D eigenvalue weighted by Crippen LogP contribution is -2.12. The van der Waals surface area contributed by atoms with E-state index in [1.165, 1.54) is 31.9 Å². The average Bonchev–Trinajstić information content (AvgIpc) is 2.30. The van der Waals surface area contributed by atoms with Crippen LogP contribution in [0.3, 0.4) is 0 Å². The van der Waals surface area contributed by atoms with Crippen LogP contribution in [-0.2, 0) is 0 Å². The normalized spacial score (nSPS) is 12.8. The molecule has 0 atom stereocenters. The molecular weight excluding hydrogens is 218 g/mol. The van der Waals surface area contributed by atoms with Crippen LogP contribution >= 0.6 is 0 Å². The van der Waals surface area contributed by atoms with Crippen molar-refractivity contribution < 1.29 is 10.4 Å². The van der Waals surface area contributed by atoms with Gasteiger partial charge in [0.15, 0.2) is 0 Å². The van der Waals surface area contributed by atoms with Crippen molar-refractivity contribution in [3.05, 3.63) is 0 Å². The quantitative estimate of drug-likeness (QED) is 0.268. The van der Waals surface area contributed by atoms with Crippen molar-refractivity contribution >= 4 is 11.9 Å². The van der Waals surface area contributed by atoms with Crippen molar-refractivity contribution in [1.29, 1.82) is 0 Å². The van der Waals surface area contributed by atoms with E-state index in [1.807, 2.05) is 0 Å². The number of nitrogens with zero attached hydrogens (tertiary/aromatic N) is 3. The lowest BCUT2D eigenvalue weighted by Gasteiger charge is -2.08. The summed E-state index contributed by atoms with van der Waals surface area (Å²) >= 11 is 0. The average molecular weight is 243 g/mol. The Kier molecular flexibility index (Phi) is 10.7. The molecule has 0 aromatic rings. The third-order valence-electron chi connectivity index (χ3n) is 2.62. The number of unbranched alkanes of at least 4 members (excludes halogenated alkanes) is 5. The summed E-state index contributed by atoms with van der Waals surface area (Å²) in [5.41, 5.74) is 0.431. The zero-order chi connectivity index (χ0) is 12.9. The third kappa shape index (κ3) is 11.2. The van der Waals surface area contributed by atoms with Crippen LogP contribution < -0.4 is 0 Å². The van der Waals surface area contributed by atoms with E-state index < -0.39 is 0 Å². The first kappa shape index (κ1) is 15.9. The van der Waals surface area contributed by atoms with Crippen LogP contribution in [0.2, 0.25) is 0 Å². The monoisotopic (exact) mass is 243 g/mol. The molecule has 100 valence electrons. The summed E-state index contributed by atoms with van der Waals surface area (Å²) in [6, 6.07) is 0. The van der Waals surface area contributed by atoms with Gasteiger partial charge in [-0.05, 0) is 39.9 Å². The molecule has 0 aliphatic carbocycles. The van der Waals surface area contributed by atoms with Crippen molar-refractivity contribution in [3.63, 3.8) is 0 Å². The van der Waals surface area contributed by atoms with Crippen LogP contribution in [-0.4, -0.2) is 47.9 Å². The molecule has 0 aliphatic heterocycles. The molecule has 5 heteroatoms. The van der Waals surface area contributed by atoms with Gasteiger partial charge in [-0.1, -0.05) is 36.0 Å². The van der Waals surface area contributed by atoms with Gasteiger partial charge in [0, 0.05) is 0 Å². The fourth-order valence-electron chi connectivity index (χ4n) is 1.65. The predicted octanol–water partition coefficient (Wildman–Crippen LogP) is 2.57. The molecule has 0 unspecified atom stereocenters. The minimum Gasteiger partial charge on any atom is -0.411 e. The van der Waals surface area contributed by atoms with Crippen molar-refractivity contribution in [1.82, 2.24) is 4.90 Å². The maximum atomic E-state index is 8.56. The standard InChI is InChI=1S/C12H25N3O2/c1-15(2)10-8-6-4-3-5-7-9-12(14-17)11-13-16/h11,16-17H,3-10H2,1-2H3/b13-11-,14-12-. The molecule has 0 amide bonds. The SMILES string of the molecule is CN(C)CCCCCCCCC(/C=N\O)=N/O. The molecule has 0 aliphatic rings. The molecule has 0 aromatic carbocycles. The van der Waals surface area contributed by atoms with Crippen LogP contribution in [0, 0.1) is 0 Å². The Labute approximate surface area is 104 Å². The fourth-order valence-corrected chi connectivity index (χ4v) is 1.65. The van der Waals surface area contributed by atoms with E-state index in [4.69, 9.17) is 10.4 Å². The molecule has 0 saturated carbocycles. The highest BCUT2D eigenvalue weighted by Crippen LogP contribution is 2.07. The fraction of sp³-hybridized carbons (Fsp3) is 0.833. The zero-order valence-corrected chi connectivity index (χ0v) is 11.0. The van der Waals surface area contributed by atoms with Crippen molar-refractivity contribution in [2.75, 3.05) is 20.6 Å². The molecular formula is C12H25N3O2. The smallest absolute Gasteiger partial charge is 0.101 e. The lowest BCUT2D eigenvalue weighted by molar-refractivity contribution is 0.314. The van der Waals surface area contributed by atoms with Crippen LogP contribution in [0.1, 0.15) is 44.9 Å². The first-order valence-corrected chi connectivity index (χ1v) is 6.23. The zero-order valence-electron chi connectivity index (χ0n) is 11.0. The van der Waals surface area contributed by atoms with E-state index in [0.29, 0.717) is 12.1 Å². The van der Waals surface area contributed by atoms with Gasteiger partial charge in [-0.3, -0.25) is 0 Å². The molecule has 0 aromatic heterocycles. The molecule has 0 radical (unpaired) electrons. The highest BCUT2D eigenvalue weighted by atomic mass is 16.4. The Morgan fingerprint density at radius 3 is 2.12 bits per heavy atom. The Bertz CT molecular complexity index is 228. The Morgan fingerprint density at radius 1 is 1.00 bits per heavy atom. The van der Waals surface area contributed by atoms with Gasteiger partial charge in [0.1, 0.15) is 5.71 Å². The van der Waals surface area contributed by atoms with E-state index in [2.05, 4.69) is 29.3 Å². The van der Waals surface area contributed by atoms with Crippen LogP contribution in [0.4, 0.5) is 0 Å². The molecule has 0 fully saturated rings. The van der Waals surface area contributed by atoms with Crippen LogP contribution in [0.25, 0.3) is 0 Å². The second-order valence-corrected chi connectivity index (χ2v) is 4.51. The van der Waals surface area contributed by atoms with Gasteiger partial charge in [-0.2, -0.15) is 0 Å². The van der Waals surface area contributed by atoms with E-state index in [9.17, 15) is 0 Å². The van der Waals surface area contributed by atoms with Crippen LogP contribution in [0.5, 0.6) is 0 Å². The molecule has 0 spiro atoms. The summed E-state index contributed by atoms with van der Waals surface area (Å²) in [5.74, 6) is 0. The molecule has 0 bridgehead atoms. The van der Waals surface area contributed by atoms with E-state index >= 15 is 0 Å². The highest BCUT2D eigenvalue weighted by molar-refractivity contribution is 6.30. The van der Waals surface area contributed by atoms with Gasteiger partial charge in [0.05, 0.1) is 6.21 Å². The Morgan fingerprint density at radius 2 is 1.59 bits per heavy atom. The first-order chi connectivity index (χ1) is 8.20.